The van der Waals surface area contributed by atoms with Crippen molar-refractivity contribution in [2.24, 2.45) is 0 Å². The zero-order valence-corrected chi connectivity index (χ0v) is 12.4. The predicted molar refractivity (Wildman–Crippen MR) is 73.5 cm³/mol. The van der Waals surface area contributed by atoms with Gasteiger partial charge >= 0.3 is 0 Å². The lowest BCUT2D eigenvalue weighted by Crippen LogP contribution is -2.43. The van der Waals surface area contributed by atoms with Gasteiger partial charge in [0.15, 0.2) is 0 Å². The number of halogens is 3. The summed E-state index contributed by atoms with van der Waals surface area (Å²) in [7, 11) is 0. The molecule has 0 aliphatic carbocycles. The molecule has 9 heteroatoms. The Labute approximate surface area is 127 Å². The highest BCUT2D eigenvalue weighted by Crippen LogP contribution is 2.27. The summed E-state index contributed by atoms with van der Waals surface area (Å²) in [5.41, 5.74) is 0. The quantitative estimate of drug-likeness (QED) is 0.851. The molecule has 3 rings (SSSR count). The van der Waals surface area contributed by atoms with Crippen LogP contribution in [-0.4, -0.2) is 39.2 Å². The van der Waals surface area contributed by atoms with E-state index in [-0.39, 0.29) is 24.4 Å². The van der Waals surface area contributed by atoms with E-state index in [1.54, 1.807) is 11.6 Å². The summed E-state index contributed by atoms with van der Waals surface area (Å²) in [6.07, 6.45) is 1.19. The Morgan fingerprint density at radius 2 is 2.29 bits per heavy atom. The lowest BCUT2D eigenvalue weighted by molar-refractivity contribution is -0.124. The van der Waals surface area contributed by atoms with Gasteiger partial charge in [-0.25, -0.2) is 18.4 Å². The number of hydrogen-bond acceptors (Lipinski definition) is 4. The van der Waals surface area contributed by atoms with E-state index in [0.29, 0.717) is 11.6 Å². The highest BCUT2D eigenvalue weighted by Gasteiger charge is 2.43. The van der Waals surface area contributed by atoms with Crippen LogP contribution in [0.4, 0.5) is 8.78 Å². The molecule has 1 aromatic heterocycles. The van der Waals surface area contributed by atoms with Crippen LogP contribution in [0.1, 0.15) is 37.0 Å². The smallest absolute Gasteiger partial charge is 0.262 e. The Hall–Kier alpha value is -1.28. The first-order valence-electron chi connectivity index (χ1n) is 6.77. The molecule has 2 aliphatic heterocycles. The van der Waals surface area contributed by atoms with E-state index in [0.717, 1.165) is 19.4 Å². The summed E-state index contributed by atoms with van der Waals surface area (Å²) < 4.78 is 28.0. The van der Waals surface area contributed by atoms with Crippen molar-refractivity contribution in [2.75, 3.05) is 6.54 Å². The van der Waals surface area contributed by atoms with Crippen molar-refractivity contribution in [3.8, 4) is 0 Å². The van der Waals surface area contributed by atoms with Crippen molar-refractivity contribution in [3.63, 3.8) is 0 Å². The summed E-state index contributed by atoms with van der Waals surface area (Å²) in [5.74, 6) is -1.81. The van der Waals surface area contributed by atoms with Crippen LogP contribution in [0, 0.1) is 6.92 Å². The van der Waals surface area contributed by atoms with Gasteiger partial charge in [0.25, 0.3) is 5.92 Å². The second-order valence-electron chi connectivity index (χ2n) is 5.44. The first-order chi connectivity index (χ1) is 9.44. The van der Waals surface area contributed by atoms with Crippen LogP contribution >= 0.6 is 12.4 Å². The van der Waals surface area contributed by atoms with Crippen molar-refractivity contribution in [1.29, 1.82) is 0 Å². The van der Waals surface area contributed by atoms with Gasteiger partial charge in [0.2, 0.25) is 5.91 Å². The topological polar surface area (TPSA) is 71.8 Å². The third kappa shape index (κ3) is 3.32. The molecule has 1 amide bonds. The molecule has 0 radical (unpaired) electrons. The number of nitrogens with one attached hydrogen (secondary N) is 2. The minimum absolute atomic E-state index is 0. The molecule has 2 N–H and O–H groups in total. The maximum Gasteiger partial charge on any atom is 0.262 e. The molecule has 1 fully saturated rings. The van der Waals surface area contributed by atoms with E-state index in [1.165, 1.54) is 0 Å². The highest BCUT2D eigenvalue weighted by atomic mass is 35.5. The van der Waals surface area contributed by atoms with Crippen LogP contribution in [0.25, 0.3) is 0 Å². The molecule has 1 saturated heterocycles. The fourth-order valence-electron chi connectivity index (χ4n) is 2.78. The molecule has 3 heterocycles. The summed E-state index contributed by atoms with van der Waals surface area (Å²) in [6, 6.07) is -1.07. The normalized spacial score (nSPS) is 26.8. The molecule has 21 heavy (non-hydrogen) atoms. The second kappa shape index (κ2) is 5.84. The molecule has 1 aromatic rings. The largest absolute Gasteiger partial charge is 0.345 e. The van der Waals surface area contributed by atoms with Gasteiger partial charge in [0.1, 0.15) is 11.6 Å². The van der Waals surface area contributed by atoms with Crippen molar-refractivity contribution in [2.45, 2.75) is 50.7 Å². The molecule has 0 aromatic carbocycles. The zero-order valence-electron chi connectivity index (χ0n) is 11.6. The fourth-order valence-corrected chi connectivity index (χ4v) is 2.78. The molecule has 118 valence electrons. The lowest BCUT2D eigenvalue weighted by Gasteiger charge is -2.24. The third-order valence-electron chi connectivity index (χ3n) is 3.72. The average Bonchev–Trinajstić information content (AvgIpc) is 2.91. The van der Waals surface area contributed by atoms with Gasteiger partial charge in [-0.1, -0.05) is 0 Å². The van der Waals surface area contributed by atoms with E-state index in [9.17, 15) is 13.6 Å². The number of nitrogens with zero attached hydrogens (tertiary/aromatic N) is 3. The van der Waals surface area contributed by atoms with Crippen molar-refractivity contribution in [3.05, 3.63) is 11.6 Å². The van der Waals surface area contributed by atoms with Gasteiger partial charge < -0.3 is 5.32 Å². The van der Waals surface area contributed by atoms with Crippen LogP contribution in [0.5, 0.6) is 0 Å². The SMILES string of the molecule is Cc1nc2n(n1)CCCC2NC(=O)C1CC(F)(F)CN1.Cl. The molecule has 2 unspecified atom stereocenters. The maximum atomic E-state index is 13.1. The zero-order chi connectivity index (χ0) is 14.3. The number of aromatic nitrogens is 3. The number of amides is 1. The number of aryl methyl sites for hydroxylation is 2. The molecular weight excluding hydrogens is 304 g/mol. The van der Waals surface area contributed by atoms with Crippen LogP contribution in [0.15, 0.2) is 0 Å². The summed E-state index contributed by atoms with van der Waals surface area (Å²) in [5, 5.41) is 9.62. The molecule has 0 spiro atoms. The van der Waals surface area contributed by atoms with Crippen molar-refractivity contribution in [1.82, 2.24) is 25.4 Å². The van der Waals surface area contributed by atoms with E-state index >= 15 is 0 Å². The Kier molecular flexibility index (Phi) is 4.48. The van der Waals surface area contributed by atoms with E-state index < -0.39 is 24.9 Å². The summed E-state index contributed by atoms with van der Waals surface area (Å²) in [4.78, 5) is 16.4. The van der Waals surface area contributed by atoms with Crippen molar-refractivity contribution < 1.29 is 13.6 Å². The molecule has 2 aliphatic rings. The standard InChI is InChI=1S/C12H17F2N5O.ClH/c1-7-16-10-8(3-2-4-19(10)18-7)17-11(20)9-5-12(13,14)6-15-9;/h8-9,15H,2-6H2,1H3,(H,17,20);1H. The van der Waals surface area contributed by atoms with E-state index in [2.05, 4.69) is 20.7 Å². The Morgan fingerprint density at radius 1 is 1.52 bits per heavy atom. The van der Waals surface area contributed by atoms with Gasteiger partial charge in [0, 0.05) is 13.0 Å². The highest BCUT2D eigenvalue weighted by molar-refractivity contribution is 5.85. The summed E-state index contributed by atoms with van der Waals surface area (Å²) >= 11 is 0. The van der Waals surface area contributed by atoms with Gasteiger partial charge in [-0.3, -0.25) is 10.1 Å². The molecule has 2 atom stereocenters. The van der Waals surface area contributed by atoms with Crippen LogP contribution in [0.3, 0.4) is 0 Å². The number of carbonyl (C=O) groups is 1. The predicted octanol–water partition coefficient (Wildman–Crippen LogP) is 0.957. The minimum Gasteiger partial charge on any atom is -0.345 e. The third-order valence-corrected chi connectivity index (χ3v) is 3.72. The fraction of sp³-hybridized carbons (Fsp3) is 0.750. The van der Waals surface area contributed by atoms with Crippen LogP contribution < -0.4 is 10.6 Å². The van der Waals surface area contributed by atoms with Gasteiger partial charge in [-0.2, -0.15) is 5.10 Å². The minimum atomic E-state index is -2.80. The Morgan fingerprint density at radius 3 is 2.95 bits per heavy atom. The number of rotatable bonds is 2. The van der Waals surface area contributed by atoms with Crippen molar-refractivity contribution >= 4 is 18.3 Å². The van der Waals surface area contributed by atoms with E-state index in [4.69, 9.17) is 0 Å². The first kappa shape index (κ1) is 16.1. The van der Waals surface area contributed by atoms with Gasteiger partial charge in [-0.05, 0) is 19.8 Å². The molecule has 0 bridgehead atoms. The van der Waals surface area contributed by atoms with Gasteiger partial charge in [-0.15, -0.1) is 12.4 Å². The number of hydrogen-bond donors (Lipinski definition) is 2. The van der Waals surface area contributed by atoms with Gasteiger partial charge in [0.05, 0.1) is 18.6 Å². The Bertz CT molecular complexity index is 536. The summed E-state index contributed by atoms with van der Waals surface area (Å²) in [6.45, 7) is 2.14. The van der Waals surface area contributed by atoms with E-state index in [1.807, 2.05) is 0 Å². The number of alkyl halides is 2. The number of carbonyl (C=O) groups excluding carboxylic acids is 1. The second-order valence-corrected chi connectivity index (χ2v) is 5.44. The average molecular weight is 322 g/mol. The maximum absolute atomic E-state index is 13.1. The molecular formula is C12H18ClF2N5O. The Balaban J connectivity index is 0.00000161. The lowest BCUT2D eigenvalue weighted by atomic mass is 10.1. The van der Waals surface area contributed by atoms with Crippen LogP contribution in [0.2, 0.25) is 0 Å². The molecule has 0 saturated carbocycles. The van der Waals surface area contributed by atoms with Crippen LogP contribution in [-0.2, 0) is 11.3 Å². The number of fused-ring (bicyclic) bond motifs is 1. The molecule has 6 nitrogen and oxygen atoms in total. The first-order valence-corrected chi connectivity index (χ1v) is 6.77. The monoisotopic (exact) mass is 321 g/mol.